The highest BCUT2D eigenvalue weighted by atomic mass is 19.1. The molecule has 1 aromatic carbocycles. The number of hydrogen-bond acceptors (Lipinski definition) is 3. The lowest BCUT2D eigenvalue weighted by molar-refractivity contribution is -0.00775. The number of halogens is 1. The number of benzene rings is 1. The van der Waals surface area contributed by atoms with Gasteiger partial charge in [0.2, 0.25) is 0 Å². The van der Waals surface area contributed by atoms with E-state index in [2.05, 4.69) is 4.98 Å². The number of carbonyl (C=O) groups is 1. The van der Waals surface area contributed by atoms with Gasteiger partial charge in [-0.2, -0.15) is 5.26 Å². The molecule has 5 nitrogen and oxygen atoms in total. The van der Waals surface area contributed by atoms with Crippen LogP contribution in [0.2, 0.25) is 0 Å². The summed E-state index contributed by atoms with van der Waals surface area (Å²) in [4.78, 5) is 17.0. The van der Waals surface area contributed by atoms with Gasteiger partial charge in [-0.15, -0.1) is 0 Å². The van der Waals surface area contributed by atoms with Crippen LogP contribution in [0.25, 0.3) is 0 Å². The minimum absolute atomic E-state index is 0.118. The first kappa shape index (κ1) is 16.2. The molecule has 124 valence electrons. The van der Waals surface area contributed by atoms with Crippen molar-refractivity contribution in [2.45, 2.75) is 25.6 Å². The van der Waals surface area contributed by atoms with Crippen LogP contribution in [0.3, 0.4) is 0 Å². The van der Waals surface area contributed by atoms with Gasteiger partial charge in [-0.05, 0) is 25.0 Å². The number of rotatable bonds is 4. The van der Waals surface area contributed by atoms with Crippen LogP contribution in [0.4, 0.5) is 4.39 Å². The summed E-state index contributed by atoms with van der Waals surface area (Å²) in [6.45, 7) is 1.31. The first-order valence-corrected chi connectivity index (χ1v) is 7.90. The van der Waals surface area contributed by atoms with Crippen molar-refractivity contribution in [3.8, 4) is 6.07 Å². The van der Waals surface area contributed by atoms with E-state index < -0.39 is 0 Å². The summed E-state index contributed by atoms with van der Waals surface area (Å²) < 4.78 is 19.4. The SMILES string of the molecule is N#Cc1c[nH]c(C(=O)N2CCC[C@H](OCc3ccccc3F)C2)c1. The lowest BCUT2D eigenvalue weighted by Crippen LogP contribution is -2.43. The average molecular weight is 327 g/mol. The molecule has 2 aromatic rings. The number of carbonyl (C=O) groups excluding carboxylic acids is 1. The zero-order valence-corrected chi connectivity index (χ0v) is 13.2. The number of likely N-dealkylation sites (tertiary alicyclic amines) is 1. The second-order valence-corrected chi connectivity index (χ2v) is 5.83. The maximum absolute atomic E-state index is 13.6. The van der Waals surface area contributed by atoms with E-state index in [0.717, 1.165) is 12.8 Å². The Morgan fingerprint density at radius 3 is 3.04 bits per heavy atom. The van der Waals surface area contributed by atoms with Gasteiger partial charge in [-0.25, -0.2) is 4.39 Å². The zero-order valence-electron chi connectivity index (χ0n) is 13.2. The molecule has 1 atom stereocenters. The molecule has 0 aliphatic carbocycles. The van der Waals surface area contributed by atoms with Gasteiger partial charge >= 0.3 is 0 Å². The highest BCUT2D eigenvalue weighted by Gasteiger charge is 2.26. The molecule has 0 saturated carbocycles. The monoisotopic (exact) mass is 327 g/mol. The number of H-pyrrole nitrogens is 1. The van der Waals surface area contributed by atoms with E-state index in [4.69, 9.17) is 10.00 Å². The van der Waals surface area contributed by atoms with Crippen LogP contribution >= 0.6 is 0 Å². The minimum atomic E-state index is -0.281. The molecule has 24 heavy (non-hydrogen) atoms. The summed E-state index contributed by atoms with van der Waals surface area (Å²) in [5.41, 5.74) is 1.35. The Labute approximate surface area is 139 Å². The molecule has 3 rings (SSSR count). The zero-order chi connectivity index (χ0) is 16.9. The van der Waals surface area contributed by atoms with E-state index >= 15 is 0 Å². The molecular weight excluding hydrogens is 309 g/mol. The van der Waals surface area contributed by atoms with Gasteiger partial charge in [-0.1, -0.05) is 18.2 Å². The predicted molar refractivity (Wildman–Crippen MR) is 85.6 cm³/mol. The van der Waals surface area contributed by atoms with Crippen LogP contribution in [0, 0.1) is 17.1 Å². The molecule has 1 fully saturated rings. The van der Waals surface area contributed by atoms with Gasteiger partial charge in [0.05, 0.1) is 18.3 Å². The second-order valence-electron chi connectivity index (χ2n) is 5.83. The van der Waals surface area contributed by atoms with E-state index in [1.807, 2.05) is 6.07 Å². The van der Waals surface area contributed by atoms with Gasteiger partial charge in [0, 0.05) is 24.8 Å². The van der Waals surface area contributed by atoms with Crippen molar-refractivity contribution in [3.05, 3.63) is 59.2 Å². The first-order chi connectivity index (χ1) is 11.7. The normalized spacial score (nSPS) is 17.5. The Bertz CT molecular complexity index is 766. The smallest absolute Gasteiger partial charge is 0.270 e. The van der Waals surface area contributed by atoms with Gasteiger partial charge in [-0.3, -0.25) is 4.79 Å². The topological polar surface area (TPSA) is 69.1 Å². The second kappa shape index (κ2) is 7.28. The van der Waals surface area contributed by atoms with Crippen LogP contribution in [-0.2, 0) is 11.3 Å². The van der Waals surface area contributed by atoms with Gasteiger partial charge < -0.3 is 14.6 Å². The Morgan fingerprint density at radius 2 is 2.29 bits per heavy atom. The third-order valence-corrected chi connectivity index (χ3v) is 4.14. The van der Waals surface area contributed by atoms with E-state index in [-0.39, 0.29) is 24.4 Å². The minimum Gasteiger partial charge on any atom is -0.372 e. The van der Waals surface area contributed by atoms with Crippen LogP contribution in [-0.4, -0.2) is 35.0 Å². The largest absolute Gasteiger partial charge is 0.372 e. The van der Waals surface area contributed by atoms with Gasteiger partial charge in [0.15, 0.2) is 0 Å². The van der Waals surface area contributed by atoms with Crippen LogP contribution < -0.4 is 0 Å². The van der Waals surface area contributed by atoms with Crippen molar-refractivity contribution in [2.24, 2.45) is 0 Å². The molecule has 0 bridgehead atoms. The molecule has 1 aromatic heterocycles. The Morgan fingerprint density at radius 1 is 1.46 bits per heavy atom. The number of nitrogens with zero attached hydrogens (tertiary/aromatic N) is 2. The predicted octanol–water partition coefficient (Wildman–Crippen LogP) is 2.85. The Hall–Kier alpha value is -2.65. The summed E-state index contributed by atoms with van der Waals surface area (Å²) in [5, 5.41) is 8.84. The number of nitrogens with one attached hydrogen (secondary N) is 1. The number of ether oxygens (including phenoxy) is 1. The molecule has 1 aliphatic rings. The summed E-state index contributed by atoms with van der Waals surface area (Å²) in [6.07, 6.45) is 3.07. The molecule has 1 N–H and O–H groups in total. The van der Waals surface area contributed by atoms with E-state index in [1.54, 1.807) is 29.2 Å². The standard InChI is InChI=1S/C18H18FN3O2/c19-16-6-2-1-4-14(16)12-24-15-5-3-7-22(11-15)18(23)17-8-13(9-20)10-21-17/h1-2,4,6,8,10,15,21H,3,5,7,11-12H2/t15-/m0/s1. The summed E-state index contributed by atoms with van der Waals surface area (Å²) in [6, 6.07) is 10.1. The van der Waals surface area contributed by atoms with Gasteiger partial charge in [0.1, 0.15) is 17.6 Å². The summed E-state index contributed by atoms with van der Waals surface area (Å²) in [5.74, 6) is -0.424. The quantitative estimate of drug-likeness (QED) is 0.939. The van der Waals surface area contributed by atoms with Crippen molar-refractivity contribution in [1.29, 1.82) is 5.26 Å². The van der Waals surface area contributed by atoms with Crippen LogP contribution in [0.15, 0.2) is 36.5 Å². The van der Waals surface area contributed by atoms with Crippen molar-refractivity contribution in [3.63, 3.8) is 0 Å². The summed E-state index contributed by atoms with van der Waals surface area (Å²) >= 11 is 0. The van der Waals surface area contributed by atoms with Crippen molar-refractivity contribution < 1.29 is 13.9 Å². The van der Waals surface area contributed by atoms with E-state index in [0.29, 0.717) is 29.9 Å². The maximum atomic E-state index is 13.6. The molecular formula is C18H18FN3O2. The average Bonchev–Trinajstić information content (AvgIpc) is 3.10. The molecule has 2 heterocycles. The Balaban J connectivity index is 1.59. The van der Waals surface area contributed by atoms with Crippen molar-refractivity contribution in [1.82, 2.24) is 9.88 Å². The third-order valence-electron chi connectivity index (χ3n) is 4.14. The van der Waals surface area contributed by atoms with Crippen LogP contribution in [0.1, 0.15) is 34.5 Å². The number of hydrogen-bond donors (Lipinski definition) is 1. The fourth-order valence-corrected chi connectivity index (χ4v) is 2.83. The number of nitriles is 1. The molecule has 1 saturated heterocycles. The van der Waals surface area contributed by atoms with Crippen LogP contribution in [0.5, 0.6) is 0 Å². The molecule has 0 spiro atoms. The maximum Gasteiger partial charge on any atom is 0.270 e. The summed E-state index contributed by atoms with van der Waals surface area (Å²) in [7, 11) is 0. The number of piperidine rings is 1. The highest BCUT2D eigenvalue weighted by Crippen LogP contribution is 2.18. The van der Waals surface area contributed by atoms with E-state index in [1.165, 1.54) is 12.3 Å². The fraction of sp³-hybridized carbons (Fsp3) is 0.333. The van der Waals surface area contributed by atoms with Crippen molar-refractivity contribution in [2.75, 3.05) is 13.1 Å². The van der Waals surface area contributed by atoms with E-state index in [9.17, 15) is 9.18 Å². The van der Waals surface area contributed by atoms with Crippen molar-refractivity contribution >= 4 is 5.91 Å². The first-order valence-electron chi connectivity index (χ1n) is 7.90. The lowest BCUT2D eigenvalue weighted by Gasteiger charge is -2.32. The lowest BCUT2D eigenvalue weighted by atomic mass is 10.1. The molecule has 1 amide bonds. The fourth-order valence-electron chi connectivity index (χ4n) is 2.83. The number of aromatic nitrogens is 1. The Kier molecular flexibility index (Phi) is 4.92. The molecule has 6 heteroatoms. The molecule has 1 aliphatic heterocycles. The highest BCUT2D eigenvalue weighted by molar-refractivity contribution is 5.93. The third kappa shape index (κ3) is 3.63. The molecule has 0 unspecified atom stereocenters. The van der Waals surface area contributed by atoms with Gasteiger partial charge in [0.25, 0.3) is 5.91 Å². The number of aromatic amines is 1. The molecule has 0 radical (unpaired) electrons. The number of amides is 1.